The van der Waals surface area contributed by atoms with Gasteiger partial charge in [-0.05, 0) is 36.3 Å². The van der Waals surface area contributed by atoms with Crippen LogP contribution in [0.15, 0.2) is 30.3 Å². The molecule has 0 bridgehead atoms. The first-order valence-corrected chi connectivity index (χ1v) is 7.58. The molecule has 92 valence electrons. The van der Waals surface area contributed by atoms with E-state index in [2.05, 4.69) is 35.6 Å². The van der Waals surface area contributed by atoms with Gasteiger partial charge in [-0.25, -0.2) is 0 Å². The Bertz CT molecular complexity index is 356. The molecule has 3 rings (SSSR count). The molecule has 2 saturated heterocycles. The van der Waals surface area contributed by atoms with Crippen LogP contribution < -0.4 is 5.32 Å². The fraction of sp³-hybridized carbons (Fsp3) is 0.571. The van der Waals surface area contributed by atoms with E-state index in [1.165, 1.54) is 17.1 Å². The molecule has 2 aliphatic heterocycles. The van der Waals surface area contributed by atoms with Gasteiger partial charge >= 0.3 is 0 Å². The van der Waals surface area contributed by atoms with Crippen LogP contribution in [0.25, 0.3) is 0 Å². The van der Waals surface area contributed by atoms with Crippen molar-refractivity contribution in [3.05, 3.63) is 35.9 Å². The second-order valence-corrected chi connectivity index (χ2v) is 6.08. The van der Waals surface area contributed by atoms with Crippen molar-refractivity contribution >= 4 is 11.8 Å². The van der Waals surface area contributed by atoms with Crippen LogP contribution in [-0.4, -0.2) is 23.8 Å². The molecule has 0 radical (unpaired) electrons. The highest BCUT2D eigenvalue weighted by molar-refractivity contribution is 7.99. The summed E-state index contributed by atoms with van der Waals surface area (Å²) in [7, 11) is 0. The lowest BCUT2D eigenvalue weighted by molar-refractivity contribution is -0.115. The lowest BCUT2D eigenvalue weighted by Gasteiger charge is -2.44. The van der Waals surface area contributed by atoms with Gasteiger partial charge in [0.1, 0.15) is 5.72 Å². The highest BCUT2D eigenvalue weighted by atomic mass is 32.2. The molecule has 1 spiro atoms. The molecule has 2 fully saturated rings. The summed E-state index contributed by atoms with van der Waals surface area (Å²) in [4.78, 5) is 0. The summed E-state index contributed by atoms with van der Waals surface area (Å²) < 4.78 is 6.03. The molecule has 0 aromatic heterocycles. The van der Waals surface area contributed by atoms with Gasteiger partial charge in [0.25, 0.3) is 0 Å². The predicted octanol–water partition coefficient (Wildman–Crippen LogP) is 2.96. The first-order valence-electron chi connectivity index (χ1n) is 6.42. The van der Waals surface area contributed by atoms with Crippen molar-refractivity contribution in [2.45, 2.75) is 31.0 Å². The molecule has 2 heterocycles. The minimum Gasteiger partial charge on any atom is -0.360 e. The summed E-state index contributed by atoms with van der Waals surface area (Å²) in [6, 6.07) is 11.2. The summed E-state index contributed by atoms with van der Waals surface area (Å²) in [6.07, 6.45) is 3.36. The number of nitrogens with one attached hydrogen (secondary N) is 1. The number of ether oxygens (including phenoxy) is 1. The van der Waals surface area contributed by atoms with E-state index in [9.17, 15) is 0 Å². The monoisotopic (exact) mass is 249 g/mol. The third kappa shape index (κ3) is 2.51. The molecule has 0 saturated carbocycles. The van der Waals surface area contributed by atoms with E-state index in [0.29, 0.717) is 6.04 Å². The summed E-state index contributed by atoms with van der Waals surface area (Å²) in [5, 5.41) is 3.75. The zero-order chi connectivity index (χ0) is 11.6. The third-order valence-corrected chi connectivity index (χ3v) is 4.71. The van der Waals surface area contributed by atoms with Gasteiger partial charge in [0, 0.05) is 6.04 Å². The summed E-state index contributed by atoms with van der Waals surface area (Å²) in [6.45, 7) is 0.886. The van der Waals surface area contributed by atoms with Gasteiger partial charge in [-0.3, -0.25) is 5.32 Å². The average Bonchev–Trinajstić information content (AvgIpc) is 2.41. The van der Waals surface area contributed by atoms with E-state index < -0.39 is 0 Å². The normalized spacial score (nSPS) is 28.1. The lowest BCUT2D eigenvalue weighted by atomic mass is 9.97. The number of rotatable bonds is 1. The Kier molecular flexibility index (Phi) is 3.41. The van der Waals surface area contributed by atoms with Gasteiger partial charge in [-0.15, -0.1) is 0 Å². The standard InChI is InChI=1S/C14H19NOS/c1-2-4-12(5-3-1)13-6-9-16-14(15-13)7-10-17-11-8-14/h1-5,13,15H,6-11H2. The van der Waals surface area contributed by atoms with Crippen molar-refractivity contribution in [3.63, 3.8) is 0 Å². The zero-order valence-corrected chi connectivity index (χ0v) is 10.8. The lowest BCUT2D eigenvalue weighted by Crippen LogP contribution is -2.55. The number of hydrogen-bond acceptors (Lipinski definition) is 3. The van der Waals surface area contributed by atoms with Gasteiger partial charge in [0.15, 0.2) is 0 Å². The van der Waals surface area contributed by atoms with Crippen LogP contribution in [0.1, 0.15) is 30.9 Å². The Balaban J connectivity index is 1.75. The fourth-order valence-electron chi connectivity index (χ4n) is 2.73. The number of benzene rings is 1. The highest BCUT2D eigenvalue weighted by Gasteiger charge is 2.38. The SMILES string of the molecule is c1ccc(C2CCOC3(CCSCC3)N2)cc1. The second kappa shape index (κ2) is 5.01. The van der Waals surface area contributed by atoms with E-state index >= 15 is 0 Å². The molecule has 0 amide bonds. The van der Waals surface area contributed by atoms with Crippen molar-refractivity contribution in [2.75, 3.05) is 18.1 Å². The van der Waals surface area contributed by atoms with Crippen LogP contribution >= 0.6 is 11.8 Å². The number of thioether (sulfide) groups is 1. The number of hydrogen-bond donors (Lipinski definition) is 1. The van der Waals surface area contributed by atoms with Crippen LogP contribution in [0.4, 0.5) is 0 Å². The smallest absolute Gasteiger partial charge is 0.121 e. The molecule has 1 aromatic carbocycles. The largest absolute Gasteiger partial charge is 0.360 e. The van der Waals surface area contributed by atoms with E-state index in [1.807, 2.05) is 11.8 Å². The van der Waals surface area contributed by atoms with Crippen LogP contribution in [0.3, 0.4) is 0 Å². The van der Waals surface area contributed by atoms with E-state index in [0.717, 1.165) is 25.9 Å². The van der Waals surface area contributed by atoms with Crippen molar-refractivity contribution in [2.24, 2.45) is 0 Å². The van der Waals surface area contributed by atoms with Crippen LogP contribution in [0.5, 0.6) is 0 Å². The highest BCUT2D eigenvalue weighted by Crippen LogP contribution is 2.35. The zero-order valence-electron chi connectivity index (χ0n) is 10.0. The molecule has 1 aromatic rings. The molecule has 1 unspecified atom stereocenters. The maximum absolute atomic E-state index is 6.03. The molecule has 0 aliphatic carbocycles. The van der Waals surface area contributed by atoms with Crippen LogP contribution in [0, 0.1) is 0 Å². The molecule has 1 N–H and O–H groups in total. The Labute approximate surface area is 107 Å². The minimum absolute atomic E-state index is 0.0377. The molecule has 2 aliphatic rings. The van der Waals surface area contributed by atoms with Crippen molar-refractivity contribution in [1.82, 2.24) is 5.32 Å². The third-order valence-electron chi connectivity index (χ3n) is 3.72. The Morgan fingerprint density at radius 1 is 1.18 bits per heavy atom. The average molecular weight is 249 g/mol. The topological polar surface area (TPSA) is 21.3 Å². The van der Waals surface area contributed by atoms with Crippen LogP contribution in [0.2, 0.25) is 0 Å². The summed E-state index contributed by atoms with van der Waals surface area (Å²) in [5.41, 5.74) is 1.36. The molecule has 3 heteroatoms. The second-order valence-electron chi connectivity index (χ2n) is 4.85. The van der Waals surface area contributed by atoms with Gasteiger partial charge in [0.05, 0.1) is 6.61 Å². The Hall–Kier alpha value is -0.510. The molecule has 1 atom stereocenters. The molecule has 17 heavy (non-hydrogen) atoms. The van der Waals surface area contributed by atoms with E-state index in [-0.39, 0.29) is 5.72 Å². The summed E-state index contributed by atoms with van der Waals surface area (Å²) >= 11 is 2.04. The maximum Gasteiger partial charge on any atom is 0.121 e. The minimum atomic E-state index is -0.0377. The van der Waals surface area contributed by atoms with Crippen molar-refractivity contribution in [1.29, 1.82) is 0 Å². The summed E-state index contributed by atoms with van der Waals surface area (Å²) in [5.74, 6) is 2.43. The van der Waals surface area contributed by atoms with E-state index in [4.69, 9.17) is 4.74 Å². The Morgan fingerprint density at radius 2 is 1.94 bits per heavy atom. The van der Waals surface area contributed by atoms with Crippen molar-refractivity contribution in [3.8, 4) is 0 Å². The van der Waals surface area contributed by atoms with E-state index in [1.54, 1.807) is 0 Å². The van der Waals surface area contributed by atoms with Gasteiger partial charge in [-0.1, -0.05) is 30.3 Å². The molecular formula is C14H19NOS. The first kappa shape index (κ1) is 11.6. The van der Waals surface area contributed by atoms with Gasteiger partial charge in [-0.2, -0.15) is 11.8 Å². The fourth-order valence-corrected chi connectivity index (χ4v) is 3.88. The Morgan fingerprint density at radius 3 is 2.71 bits per heavy atom. The van der Waals surface area contributed by atoms with Gasteiger partial charge in [0.2, 0.25) is 0 Å². The van der Waals surface area contributed by atoms with Gasteiger partial charge < -0.3 is 4.74 Å². The van der Waals surface area contributed by atoms with Crippen molar-refractivity contribution < 1.29 is 4.74 Å². The first-order chi connectivity index (χ1) is 8.38. The molecular weight excluding hydrogens is 230 g/mol. The predicted molar refractivity (Wildman–Crippen MR) is 72.2 cm³/mol. The maximum atomic E-state index is 6.03. The quantitative estimate of drug-likeness (QED) is 0.827. The van der Waals surface area contributed by atoms with Crippen LogP contribution in [-0.2, 0) is 4.74 Å². The molecule has 2 nitrogen and oxygen atoms in total.